The molecule has 3 nitrogen and oxygen atoms in total. The monoisotopic (exact) mass is 308 g/mol. The maximum atomic E-state index is 11.9. The van der Waals surface area contributed by atoms with Crippen molar-refractivity contribution in [2.24, 2.45) is 5.92 Å². The largest absolute Gasteiger partial charge is 0.355 e. The van der Waals surface area contributed by atoms with Crippen molar-refractivity contribution in [2.75, 3.05) is 13.1 Å². The number of nitrogens with one attached hydrogen (secondary N) is 2. The fourth-order valence-electron chi connectivity index (χ4n) is 3.15. The molecule has 1 heterocycles. The Morgan fingerprint density at radius 2 is 2.05 bits per heavy atom. The predicted octanol–water partition coefficient (Wildman–Crippen LogP) is 3.71. The summed E-state index contributed by atoms with van der Waals surface area (Å²) in [6.07, 6.45) is 6.57. The Morgan fingerprint density at radius 1 is 1.33 bits per heavy atom. The van der Waals surface area contributed by atoms with Crippen molar-refractivity contribution in [3.8, 4) is 0 Å². The van der Waals surface area contributed by atoms with Gasteiger partial charge in [-0.05, 0) is 51.2 Å². The molecule has 0 bridgehead atoms. The number of thiophene rings is 1. The highest BCUT2D eigenvalue weighted by Gasteiger charge is 2.15. The van der Waals surface area contributed by atoms with E-state index < -0.39 is 0 Å². The van der Waals surface area contributed by atoms with Gasteiger partial charge in [0.1, 0.15) is 0 Å². The first kappa shape index (κ1) is 16.5. The Balaban J connectivity index is 1.69. The Bertz CT molecular complexity index is 463. The van der Waals surface area contributed by atoms with Gasteiger partial charge < -0.3 is 10.6 Å². The average molecular weight is 308 g/mol. The second kappa shape index (κ2) is 7.95. The summed E-state index contributed by atoms with van der Waals surface area (Å²) in [5.41, 5.74) is 1.32. The van der Waals surface area contributed by atoms with Gasteiger partial charge in [0.05, 0.1) is 6.54 Å². The zero-order chi connectivity index (χ0) is 15.2. The third-order valence-corrected chi connectivity index (χ3v) is 5.41. The zero-order valence-corrected chi connectivity index (χ0v) is 14.3. The van der Waals surface area contributed by atoms with Gasteiger partial charge in [-0.25, -0.2) is 0 Å². The van der Waals surface area contributed by atoms with Gasteiger partial charge in [-0.15, -0.1) is 11.3 Å². The molecule has 1 amide bonds. The lowest BCUT2D eigenvalue weighted by Crippen LogP contribution is -2.37. The van der Waals surface area contributed by atoms with Gasteiger partial charge in [0, 0.05) is 22.3 Å². The summed E-state index contributed by atoms with van der Waals surface area (Å²) in [7, 11) is 0. The first-order chi connectivity index (χ1) is 10.1. The van der Waals surface area contributed by atoms with Gasteiger partial charge in [-0.1, -0.05) is 19.3 Å². The standard InChI is InChI=1S/C17H28N2OS/c1-12-9-16(14(3)21-12)13(2)18-11-17(20)19-10-15-7-5-4-6-8-15/h9,13,15,18H,4-8,10-11H2,1-3H3,(H,19,20)/t13-/m0/s1. The molecule has 118 valence electrons. The maximum Gasteiger partial charge on any atom is 0.233 e. The van der Waals surface area contributed by atoms with Crippen LogP contribution in [-0.2, 0) is 4.79 Å². The lowest BCUT2D eigenvalue weighted by atomic mass is 9.89. The van der Waals surface area contributed by atoms with Crippen molar-refractivity contribution in [1.29, 1.82) is 0 Å². The minimum absolute atomic E-state index is 0.122. The molecule has 0 saturated heterocycles. The molecule has 1 aromatic rings. The molecule has 1 fully saturated rings. The van der Waals surface area contributed by atoms with E-state index in [1.54, 1.807) is 0 Å². The minimum atomic E-state index is 0.122. The normalized spacial score (nSPS) is 17.7. The molecule has 1 aliphatic carbocycles. The summed E-state index contributed by atoms with van der Waals surface area (Å²) in [4.78, 5) is 14.6. The van der Waals surface area contributed by atoms with Gasteiger partial charge >= 0.3 is 0 Å². The zero-order valence-electron chi connectivity index (χ0n) is 13.5. The molecule has 2 rings (SSSR count). The lowest BCUT2D eigenvalue weighted by molar-refractivity contribution is -0.120. The number of aryl methyl sites for hydroxylation is 2. The van der Waals surface area contributed by atoms with E-state index in [0.29, 0.717) is 12.5 Å². The lowest BCUT2D eigenvalue weighted by Gasteiger charge is -2.22. The first-order valence-corrected chi connectivity index (χ1v) is 8.95. The fourth-order valence-corrected chi connectivity index (χ4v) is 4.17. The van der Waals surface area contributed by atoms with Crippen LogP contribution in [0.25, 0.3) is 0 Å². The molecule has 0 aromatic carbocycles. The summed E-state index contributed by atoms with van der Waals surface area (Å²) in [6, 6.07) is 2.45. The van der Waals surface area contributed by atoms with Crippen molar-refractivity contribution in [2.45, 2.75) is 58.9 Å². The quantitative estimate of drug-likeness (QED) is 0.841. The van der Waals surface area contributed by atoms with Crippen LogP contribution in [0.1, 0.15) is 60.4 Å². The van der Waals surface area contributed by atoms with E-state index in [-0.39, 0.29) is 11.9 Å². The topological polar surface area (TPSA) is 41.1 Å². The Kier molecular flexibility index (Phi) is 6.24. The molecule has 1 aromatic heterocycles. The molecule has 0 unspecified atom stereocenters. The van der Waals surface area contributed by atoms with Crippen LogP contribution in [0.4, 0.5) is 0 Å². The third-order valence-electron chi connectivity index (χ3n) is 4.43. The van der Waals surface area contributed by atoms with E-state index >= 15 is 0 Å². The molecule has 1 aliphatic rings. The molecule has 4 heteroatoms. The number of hydrogen-bond donors (Lipinski definition) is 2. The van der Waals surface area contributed by atoms with Gasteiger partial charge in [0.25, 0.3) is 0 Å². The number of amides is 1. The Hall–Kier alpha value is -0.870. The highest BCUT2D eigenvalue weighted by molar-refractivity contribution is 7.12. The predicted molar refractivity (Wildman–Crippen MR) is 89.8 cm³/mol. The molecule has 21 heavy (non-hydrogen) atoms. The van der Waals surface area contributed by atoms with E-state index in [2.05, 4.69) is 37.5 Å². The second-order valence-corrected chi connectivity index (χ2v) is 7.74. The summed E-state index contributed by atoms with van der Waals surface area (Å²) in [5, 5.41) is 6.42. The van der Waals surface area contributed by atoms with Crippen LogP contribution in [0.5, 0.6) is 0 Å². The molecule has 0 spiro atoms. The summed E-state index contributed by atoms with van der Waals surface area (Å²) < 4.78 is 0. The SMILES string of the molecule is Cc1cc([C@H](C)NCC(=O)NCC2CCCCC2)c(C)s1. The van der Waals surface area contributed by atoms with E-state index in [1.807, 2.05) is 11.3 Å². The van der Waals surface area contributed by atoms with Crippen molar-refractivity contribution >= 4 is 17.2 Å². The first-order valence-electron chi connectivity index (χ1n) is 8.13. The van der Waals surface area contributed by atoms with Crippen LogP contribution >= 0.6 is 11.3 Å². The summed E-state index contributed by atoms with van der Waals surface area (Å²) in [6.45, 7) is 7.66. The smallest absolute Gasteiger partial charge is 0.233 e. The highest BCUT2D eigenvalue weighted by Crippen LogP contribution is 2.26. The van der Waals surface area contributed by atoms with Crippen molar-refractivity contribution < 1.29 is 4.79 Å². The minimum Gasteiger partial charge on any atom is -0.355 e. The number of hydrogen-bond acceptors (Lipinski definition) is 3. The van der Waals surface area contributed by atoms with Crippen molar-refractivity contribution in [3.63, 3.8) is 0 Å². The molecule has 2 N–H and O–H groups in total. The van der Waals surface area contributed by atoms with Crippen molar-refractivity contribution in [3.05, 3.63) is 21.4 Å². The van der Waals surface area contributed by atoms with Crippen LogP contribution in [-0.4, -0.2) is 19.0 Å². The highest BCUT2D eigenvalue weighted by atomic mass is 32.1. The fraction of sp³-hybridized carbons (Fsp3) is 0.706. The summed E-state index contributed by atoms with van der Waals surface area (Å²) in [5.74, 6) is 0.818. The van der Waals surface area contributed by atoms with Crippen LogP contribution in [0.2, 0.25) is 0 Å². The van der Waals surface area contributed by atoms with E-state index in [9.17, 15) is 4.79 Å². The second-order valence-electron chi connectivity index (χ2n) is 6.28. The van der Waals surface area contributed by atoms with E-state index in [1.165, 1.54) is 47.4 Å². The molecular formula is C17H28N2OS. The van der Waals surface area contributed by atoms with E-state index in [4.69, 9.17) is 0 Å². The van der Waals surface area contributed by atoms with Crippen LogP contribution in [0.15, 0.2) is 6.07 Å². The Morgan fingerprint density at radius 3 is 2.67 bits per heavy atom. The van der Waals surface area contributed by atoms with Crippen LogP contribution in [0, 0.1) is 19.8 Å². The average Bonchev–Trinajstić information content (AvgIpc) is 2.82. The molecule has 0 aliphatic heterocycles. The number of carbonyl (C=O) groups is 1. The summed E-state index contributed by atoms with van der Waals surface area (Å²) >= 11 is 1.82. The van der Waals surface area contributed by atoms with Crippen molar-refractivity contribution in [1.82, 2.24) is 10.6 Å². The van der Waals surface area contributed by atoms with Gasteiger partial charge in [-0.3, -0.25) is 4.79 Å². The molecular weight excluding hydrogens is 280 g/mol. The van der Waals surface area contributed by atoms with Gasteiger partial charge in [0.15, 0.2) is 0 Å². The van der Waals surface area contributed by atoms with Crippen LogP contribution < -0.4 is 10.6 Å². The third kappa shape index (κ3) is 5.11. The van der Waals surface area contributed by atoms with Gasteiger partial charge in [0.2, 0.25) is 5.91 Å². The van der Waals surface area contributed by atoms with Gasteiger partial charge in [-0.2, -0.15) is 0 Å². The number of carbonyl (C=O) groups excluding carboxylic acids is 1. The molecule has 0 radical (unpaired) electrons. The van der Waals surface area contributed by atoms with E-state index in [0.717, 1.165) is 6.54 Å². The number of rotatable bonds is 6. The van der Waals surface area contributed by atoms with Crippen LogP contribution in [0.3, 0.4) is 0 Å². The molecule has 1 atom stereocenters. The maximum absolute atomic E-state index is 11.9. The Labute approximate surface area is 132 Å². The molecule has 1 saturated carbocycles.